The van der Waals surface area contributed by atoms with Gasteiger partial charge in [-0.3, -0.25) is 0 Å². The predicted molar refractivity (Wildman–Crippen MR) is 59.4 cm³/mol. The number of hydrogen-bond donors (Lipinski definition) is 1. The minimum Gasteiger partial charge on any atom is -0.497 e. The minimum absolute atomic E-state index is 0.153. The third-order valence-electron chi connectivity index (χ3n) is 2.52. The molecule has 0 aliphatic carbocycles. The largest absolute Gasteiger partial charge is 0.497 e. The Labute approximate surface area is 90.4 Å². The van der Waals surface area contributed by atoms with Crippen molar-refractivity contribution in [3.8, 4) is 11.5 Å². The first-order valence-electron chi connectivity index (χ1n) is 5.17. The molecule has 1 heterocycles. The van der Waals surface area contributed by atoms with Crippen LogP contribution in [0, 0.1) is 0 Å². The van der Waals surface area contributed by atoms with Crippen molar-refractivity contribution in [1.29, 1.82) is 0 Å². The molecule has 0 saturated heterocycles. The molecule has 15 heavy (non-hydrogen) atoms. The number of rotatable bonds is 1. The van der Waals surface area contributed by atoms with Crippen LogP contribution in [0.2, 0.25) is 0 Å². The van der Waals surface area contributed by atoms with Crippen LogP contribution in [0.25, 0.3) is 0 Å². The van der Waals surface area contributed by atoms with Crippen molar-refractivity contribution in [2.24, 2.45) is 0 Å². The fraction of sp³-hybridized carbons (Fsp3) is 0.500. The number of ether oxygens (including phenoxy) is 2. The maximum Gasteiger partial charge on any atom is 0.124 e. The topological polar surface area (TPSA) is 30.5 Å². The van der Waals surface area contributed by atoms with Gasteiger partial charge in [0.05, 0.1) is 7.11 Å². The Kier molecular flexibility index (Phi) is 2.57. The van der Waals surface area contributed by atoms with Gasteiger partial charge in [0.15, 0.2) is 0 Å². The zero-order valence-electron chi connectivity index (χ0n) is 9.46. The van der Waals surface area contributed by atoms with E-state index in [4.69, 9.17) is 9.47 Å². The molecule has 82 valence electrons. The minimum atomic E-state index is -0.153. The van der Waals surface area contributed by atoms with Gasteiger partial charge in [0.25, 0.3) is 0 Å². The fourth-order valence-corrected chi connectivity index (χ4v) is 1.75. The lowest BCUT2D eigenvalue weighted by Gasteiger charge is -2.24. The van der Waals surface area contributed by atoms with E-state index in [0.29, 0.717) is 0 Å². The van der Waals surface area contributed by atoms with Crippen molar-refractivity contribution >= 4 is 0 Å². The Morgan fingerprint density at radius 2 is 2.20 bits per heavy atom. The molecule has 2 rings (SSSR count). The molecule has 0 radical (unpaired) electrons. The lowest BCUT2D eigenvalue weighted by atomic mass is 10.1. The Bertz CT molecular complexity index is 361. The summed E-state index contributed by atoms with van der Waals surface area (Å²) in [6, 6.07) is 5.92. The molecule has 1 aromatic rings. The van der Waals surface area contributed by atoms with Gasteiger partial charge < -0.3 is 14.8 Å². The molecule has 3 heteroatoms. The SMILES string of the molecule is COc1ccc2c(c1)CNCC(C)(C)O2. The first-order valence-corrected chi connectivity index (χ1v) is 5.17. The molecule has 1 aromatic carbocycles. The third kappa shape index (κ3) is 2.23. The van der Waals surface area contributed by atoms with Gasteiger partial charge in [-0.2, -0.15) is 0 Å². The summed E-state index contributed by atoms with van der Waals surface area (Å²) in [5, 5.41) is 3.36. The van der Waals surface area contributed by atoms with Crippen LogP contribution in [0.4, 0.5) is 0 Å². The maximum atomic E-state index is 5.93. The van der Waals surface area contributed by atoms with Gasteiger partial charge in [-0.15, -0.1) is 0 Å². The molecular formula is C12H17NO2. The highest BCUT2D eigenvalue weighted by atomic mass is 16.5. The van der Waals surface area contributed by atoms with Gasteiger partial charge in [0.1, 0.15) is 17.1 Å². The highest BCUT2D eigenvalue weighted by molar-refractivity contribution is 5.41. The van der Waals surface area contributed by atoms with Crippen LogP contribution in [0.5, 0.6) is 11.5 Å². The van der Waals surface area contributed by atoms with Crippen LogP contribution in [0.15, 0.2) is 18.2 Å². The molecule has 0 bridgehead atoms. The molecule has 0 amide bonds. The van der Waals surface area contributed by atoms with E-state index in [1.165, 1.54) is 0 Å². The molecule has 1 aliphatic heterocycles. The van der Waals surface area contributed by atoms with Gasteiger partial charge in [0, 0.05) is 18.7 Å². The summed E-state index contributed by atoms with van der Waals surface area (Å²) in [7, 11) is 1.68. The average molecular weight is 207 g/mol. The Balaban J connectivity index is 2.34. The lowest BCUT2D eigenvalue weighted by Crippen LogP contribution is -2.37. The Morgan fingerprint density at radius 1 is 1.40 bits per heavy atom. The first kappa shape index (κ1) is 10.3. The van der Waals surface area contributed by atoms with Crippen LogP contribution in [0.3, 0.4) is 0 Å². The first-order chi connectivity index (χ1) is 7.11. The van der Waals surface area contributed by atoms with Crippen molar-refractivity contribution in [3.63, 3.8) is 0 Å². The van der Waals surface area contributed by atoms with E-state index in [9.17, 15) is 0 Å². The number of nitrogens with one attached hydrogen (secondary N) is 1. The van der Waals surface area contributed by atoms with Crippen molar-refractivity contribution in [1.82, 2.24) is 5.32 Å². The third-order valence-corrected chi connectivity index (χ3v) is 2.52. The van der Waals surface area contributed by atoms with Gasteiger partial charge >= 0.3 is 0 Å². The number of benzene rings is 1. The standard InChI is InChI=1S/C12H17NO2/c1-12(2)8-13-7-9-6-10(14-3)4-5-11(9)15-12/h4-6,13H,7-8H2,1-3H3. The van der Waals surface area contributed by atoms with Crippen molar-refractivity contribution < 1.29 is 9.47 Å². The number of fused-ring (bicyclic) bond motifs is 1. The summed E-state index contributed by atoms with van der Waals surface area (Å²) < 4.78 is 11.1. The molecule has 0 aromatic heterocycles. The van der Waals surface area contributed by atoms with Crippen molar-refractivity contribution in [3.05, 3.63) is 23.8 Å². The van der Waals surface area contributed by atoms with Gasteiger partial charge in [-0.05, 0) is 32.0 Å². The molecule has 0 saturated carbocycles. The van der Waals surface area contributed by atoms with E-state index in [1.807, 2.05) is 18.2 Å². The second-order valence-electron chi connectivity index (χ2n) is 4.44. The number of methoxy groups -OCH3 is 1. The molecule has 0 spiro atoms. The molecule has 0 unspecified atom stereocenters. The highest BCUT2D eigenvalue weighted by Gasteiger charge is 2.24. The van der Waals surface area contributed by atoms with Gasteiger partial charge in [-0.25, -0.2) is 0 Å². The Morgan fingerprint density at radius 3 is 2.93 bits per heavy atom. The second-order valence-corrected chi connectivity index (χ2v) is 4.44. The molecule has 0 atom stereocenters. The molecule has 1 aliphatic rings. The summed E-state index contributed by atoms with van der Waals surface area (Å²) in [5.41, 5.74) is 1.000. The quantitative estimate of drug-likeness (QED) is 0.763. The van der Waals surface area contributed by atoms with E-state index in [-0.39, 0.29) is 5.60 Å². The zero-order valence-corrected chi connectivity index (χ0v) is 9.46. The van der Waals surface area contributed by atoms with E-state index in [2.05, 4.69) is 19.2 Å². The van der Waals surface area contributed by atoms with Crippen molar-refractivity contribution in [2.75, 3.05) is 13.7 Å². The summed E-state index contributed by atoms with van der Waals surface area (Å²) in [6.07, 6.45) is 0. The molecule has 3 nitrogen and oxygen atoms in total. The van der Waals surface area contributed by atoms with Crippen LogP contribution in [-0.4, -0.2) is 19.3 Å². The monoisotopic (exact) mass is 207 g/mol. The average Bonchev–Trinajstić information content (AvgIpc) is 2.33. The van der Waals surface area contributed by atoms with E-state index < -0.39 is 0 Å². The number of hydrogen-bond acceptors (Lipinski definition) is 3. The van der Waals surface area contributed by atoms with E-state index in [0.717, 1.165) is 30.2 Å². The predicted octanol–water partition coefficient (Wildman–Crippen LogP) is 1.96. The van der Waals surface area contributed by atoms with Crippen LogP contribution in [-0.2, 0) is 6.54 Å². The molecule has 0 fully saturated rings. The smallest absolute Gasteiger partial charge is 0.124 e. The lowest BCUT2D eigenvalue weighted by molar-refractivity contribution is 0.115. The van der Waals surface area contributed by atoms with Crippen LogP contribution >= 0.6 is 0 Å². The molecule has 1 N–H and O–H groups in total. The van der Waals surface area contributed by atoms with Crippen LogP contribution < -0.4 is 14.8 Å². The van der Waals surface area contributed by atoms with Crippen LogP contribution in [0.1, 0.15) is 19.4 Å². The maximum absolute atomic E-state index is 5.93. The van der Waals surface area contributed by atoms with Gasteiger partial charge in [0.2, 0.25) is 0 Å². The summed E-state index contributed by atoms with van der Waals surface area (Å²) >= 11 is 0. The molecular weight excluding hydrogens is 190 g/mol. The highest BCUT2D eigenvalue weighted by Crippen LogP contribution is 2.29. The summed E-state index contributed by atoms with van der Waals surface area (Å²) in [5.74, 6) is 1.82. The summed E-state index contributed by atoms with van der Waals surface area (Å²) in [4.78, 5) is 0. The van der Waals surface area contributed by atoms with Gasteiger partial charge in [-0.1, -0.05) is 0 Å². The normalized spacial score (nSPS) is 18.6. The fourth-order valence-electron chi connectivity index (χ4n) is 1.75. The van der Waals surface area contributed by atoms with Crippen molar-refractivity contribution in [2.45, 2.75) is 26.0 Å². The Hall–Kier alpha value is -1.22. The zero-order chi connectivity index (χ0) is 10.9. The summed E-state index contributed by atoms with van der Waals surface area (Å²) in [6.45, 7) is 5.85. The second kappa shape index (κ2) is 3.74. The van der Waals surface area contributed by atoms with E-state index in [1.54, 1.807) is 7.11 Å². The van der Waals surface area contributed by atoms with E-state index >= 15 is 0 Å².